The van der Waals surface area contributed by atoms with Crippen molar-refractivity contribution in [2.45, 2.75) is 12.4 Å². The van der Waals surface area contributed by atoms with Gasteiger partial charge in [0.15, 0.2) is 0 Å². The molecule has 1 atom stereocenters. The lowest BCUT2D eigenvalue weighted by atomic mass is 9.96. The molecule has 0 aromatic heterocycles. The summed E-state index contributed by atoms with van der Waals surface area (Å²) in [5, 5.41) is 3.28. The van der Waals surface area contributed by atoms with Crippen molar-refractivity contribution in [2.24, 2.45) is 0 Å². The third kappa shape index (κ3) is 4.66. The molecule has 8 heteroatoms. The quantitative estimate of drug-likeness (QED) is 0.787. The van der Waals surface area contributed by atoms with Crippen molar-refractivity contribution in [3.8, 4) is 5.75 Å². The van der Waals surface area contributed by atoms with E-state index in [4.69, 9.17) is 11.6 Å². The van der Waals surface area contributed by atoms with E-state index >= 15 is 0 Å². The van der Waals surface area contributed by atoms with Gasteiger partial charge in [-0.2, -0.15) is 0 Å². The molecule has 1 heterocycles. The smallest absolute Gasteiger partial charge is 0.406 e. The van der Waals surface area contributed by atoms with E-state index in [2.05, 4.69) is 15.0 Å². The fourth-order valence-electron chi connectivity index (χ4n) is 3.09. The molecule has 140 valence electrons. The first kappa shape index (κ1) is 18.9. The maximum absolute atomic E-state index is 14.0. The van der Waals surface area contributed by atoms with Gasteiger partial charge in [-0.15, -0.1) is 13.2 Å². The molecule has 1 aliphatic heterocycles. The van der Waals surface area contributed by atoms with Crippen molar-refractivity contribution in [1.29, 1.82) is 0 Å². The van der Waals surface area contributed by atoms with Gasteiger partial charge < -0.3 is 10.1 Å². The summed E-state index contributed by atoms with van der Waals surface area (Å²) in [4.78, 5) is 2.15. The Balaban J connectivity index is 1.93. The molecule has 1 saturated heterocycles. The van der Waals surface area contributed by atoms with Crippen LogP contribution in [-0.2, 0) is 0 Å². The first-order valence-corrected chi connectivity index (χ1v) is 8.47. The van der Waals surface area contributed by atoms with Crippen molar-refractivity contribution in [1.82, 2.24) is 10.2 Å². The van der Waals surface area contributed by atoms with Crippen molar-refractivity contribution < 1.29 is 22.3 Å². The molecule has 2 aromatic rings. The van der Waals surface area contributed by atoms with Gasteiger partial charge in [0.2, 0.25) is 0 Å². The van der Waals surface area contributed by atoms with Crippen LogP contribution in [0, 0.1) is 5.82 Å². The Morgan fingerprint density at radius 1 is 1.00 bits per heavy atom. The molecule has 0 radical (unpaired) electrons. The SMILES string of the molecule is Fc1cc([C@H](c2ccc(OC(F)(F)F)cc2)N2CCNCC2)ccc1Cl. The normalized spacial score (nSPS) is 17.1. The number of halogens is 5. The summed E-state index contributed by atoms with van der Waals surface area (Å²) in [6.45, 7) is 3.02. The predicted octanol–water partition coefficient (Wildman–Crippen LogP) is 4.37. The fourth-order valence-corrected chi connectivity index (χ4v) is 3.21. The van der Waals surface area contributed by atoms with Gasteiger partial charge in [0.05, 0.1) is 11.1 Å². The maximum atomic E-state index is 14.0. The Bertz CT molecular complexity index is 746. The number of piperazine rings is 1. The molecule has 0 spiro atoms. The highest BCUT2D eigenvalue weighted by molar-refractivity contribution is 6.30. The van der Waals surface area contributed by atoms with Gasteiger partial charge in [0, 0.05) is 26.2 Å². The minimum Gasteiger partial charge on any atom is -0.406 e. The summed E-state index contributed by atoms with van der Waals surface area (Å²) in [6.07, 6.45) is -4.74. The van der Waals surface area contributed by atoms with Gasteiger partial charge in [-0.1, -0.05) is 29.8 Å². The largest absolute Gasteiger partial charge is 0.573 e. The highest BCUT2D eigenvalue weighted by atomic mass is 35.5. The number of rotatable bonds is 4. The van der Waals surface area contributed by atoms with Crippen molar-refractivity contribution in [2.75, 3.05) is 26.2 Å². The van der Waals surface area contributed by atoms with E-state index in [-0.39, 0.29) is 16.8 Å². The number of nitrogens with zero attached hydrogens (tertiary/aromatic N) is 1. The number of alkyl halides is 3. The number of nitrogens with one attached hydrogen (secondary N) is 1. The monoisotopic (exact) mass is 388 g/mol. The Kier molecular flexibility index (Phi) is 5.70. The lowest BCUT2D eigenvalue weighted by molar-refractivity contribution is -0.274. The fraction of sp³-hybridized carbons (Fsp3) is 0.333. The van der Waals surface area contributed by atoms with Crippen molar-refractivity contribution in [3.63, 3.8) is 0 Å². The second kappa shape index (κ2) is 7.82. The third-order valence-corrected chi connectivity index (χ3v) is 4.51. The predicted molar refractivity (Wildman–Crippen MR) is 90.8 cm³/mol. The first-order valence-electron chi connectivity index (χ1n) is 8.09. The molecule has 1 fully saturated rings. The van der Waals surface area contributed by atoms with E-state index in [0.29, 0.717) is 5.56 Å². The van der Waals surface area contributed by atoms with E-state index in [1.807, 2.05) is 0 Å². The topological polar surface area (TPSA) is 24.5 Å². The van der Waals surface area contributed by atoms with Crippen LogP contribution in [0.25, 0.3) is 0 Å². The van der Waals surface area contributed by atoms with Crippen LogP contribution in [0.1, 0.15) is 17.2 Å². The third-order valence-electron chi connectivity index (χ3n) is 4.21. The molecule has 2 aromatic carbocycles. The Hall–Kier alpha value is -1.83. The van der Waals surface area contributed by atoms with Crippen LogP contribution in [0.4, 0.5) is 17.6 Å². The van der Waals surface area contributed by atoms with Gasteiger partial charge in [-0.3, -0.25) is 4.90 Å². The Morgan fingerprint density at radius 3 is 2.19 bits per heavy atom. The van der Waals surface area contributed by atoms with Crippen LogP contribution in [0.5, 0.6) is 5.75 Å². The highest BCUT2D eigenvalue weighted by Crippen LogP contribution is 2.32. The zero-order valence-corrected chi connectivity index (χ0v) is 14.4. The molecule has 3 rings (SSSR count). The van der Waals surface area contributed by atoms with Crippen LogP contribution >= 0.6 is 11.6 Å². The highest BCUT2D eigenvalue weighted by Gasteiger charge is 2.31. The molecule has 0 bridgehead atoms. The van der Waals surface area contributed by atoms with Crippen LogP contribution in [-0.4, -0.2) is 37.4 Å². The maximum Gasteiger partial charge on any atom is 0.573 e. The average Bonchev–Trinajstić information content (AvgIpc) is 2.59. The van der Waals surface area contributed by atoms with E-state index in [9.17, 15) is 17.6 Å². The van der Waals surface area contributed by atoms with Crippen molar-refractivity contribution >= 4 is 11.6 Å². The minimum absolute atomic E-state index is 0.0294. The molecule has 0 saturated carbocycles. The van der Waals surface area contributed by atoms with Crippen LogP contribution < -0.4 is 10.1 Å². The second-order valence-electron chi connectivity index (χ2n) is 5.98. The van der Waals surface area contributed by atoms with E-state index < -0.39 is 12.2 Å². The molecule has 1 N–H and O–H groups in total. The second-order valence-corrected chi connectivity index (χ2v) is 6.39. The summed E-state index contributed by atoms with van der Waals surface area (Å²) in [5.41, 5.74) is 1.45. The van der Waals surface area contributed by atoms with E-state index in [0.717, 1.165) is 31.7 Å². The van der Waals surface area contributed by atoms with Crippen LogP contribution in [0.15, 0.2) is 42.5 Å². The molecule has 1 aliphatic rings. The van der Waals surface area contributed by atoms with E-state index in [1.54, 1.807) is 18.2 Å². The Morgan fingerprint density at radius 2 is 1.62 bits per heavy atom. The molecular formula is C18H17ClF4N2O. The number of hydrogen-bond acceptors (Lipinski definition) is 3. The standard InChI is InChI=1S/C18H17ClF4N2O/c19-15-6-3-13(11-16(15)20)17(25-9-7-24-8-10-25)12-1-4-14(5-2-12)26-18(21,22)23/h1-6,11,17,24H,7-10H2/t17-/m0/s1. The lowest BCUT2D eigenvalue weighted by Crippen LogP contribution is -2.45. The van der Waals surface area contributed by atoms with Crippen molar-refractivity contribution in [3.05, 3.63) is 64.4 Å². The number of hydrogen-bond donors (Lipinski definition) is 1. The summed E-state index contributed by atoms with van der Waals surface area (Å²) in [5.74, 6) is -0.816. The molecule has 3 nitrogen and oxygen atoms in total. The number of ether oxygens (including phenoxy) is 1. The minimum atomic E-state index is -4.74. The first-order chi connectivity index (χ1) is 12.3. The van der Waals surface area contributed by atoms with E-state index in [1.165, 1.54) is 24.3 Å². The van der Waals surface area contributed by atoms with Gasteiger partial charge >= 0.3 is 6.36 Å². The molecule has 0 unspecified atom stereocenters. The van der Waals surface area contributed by atoms with Gasteiger partial charge in [-0.25, -0.2) is 4.39 Å². The van der Waals surface area contributed by atoms with Crippen LogP contribution in [0.2, 0.25) is 5.02 Å². The zero-order chi connectivity index (χ0) is 18.7. The van der Waals surface area contributed by atoms with Gasteiger partial charge in [0.25, 0.3) is 0 Å². The summed E-state index contributed by atoms with van der Waals surface area (Å²) in [7, 11) is 0. The number of benzene rings is 2. The van der Waals surface area contributed by atoms with Gasteiger partial charge in [-0.05, 0) is 35.4 Å². The molecule has 0 amide bonds. The summed E-state index contributed by atoms with van der Waals surface area (Å²) in [6, 6.07) is 9.98. The average molecular weight is 389 g/mol. The van der Waals surface area contributed by atoms with Gasteiger partial charge in [0.1, 0.15) is 11.6 Å². The molecular weight excluding hydrogens is 372 g/mol. The molecule has 0 aliphatic carbocycles. The molecule has 26 heavy (non-hydrogen) atoms. The lowest BCUT2D eigenvalue weighted by Gasteiger charge is -2.35. The van der Waals surface area contributed by atoms with Crippen LogP contribution in [0.3, 0.4) is 0 Å². The summed E-state index contributed by atoms with van der Waals surface area (Å²) >= 11 is 5.78. The summed E-state index contributed by atoms with van der Waals surface area (Å²) < 4.78 is 54.9. The Labute approximate surface area is 153 Å². The zero-order valence-electron chi connectivity index (χ0n) is 13.7.